The maximum Gasteiger partial charge on any atom is 0.238 e. The van der Waals surface area contributed by atoms with Gasteiger partial charge in [0.15, 0.2) is 0 Å². The van der Waals surface area contributed by atoms with E-state index in [9.17, 15) is 14.4 Å². The van der Waals surface area contributed by atoms with E-state index in [0.29, 0.717) is 46.7 Å². The van der Waals surface area contributed by atoms with Crippen LogP contribution in [0.1, 0.15) is 19.8 Å². The first-order valence-electron chi connectivity index (χ1n) is 12.7. The molecule has 0 radical (unpaired) electrons. The third-order valence-corrected chi connectivity index (χ3v) is 7.55. The Morgan fingerprint density at radius 1 is 0.895 bits per heavy atom. The molecular weight excluding hydrogens is 480 g/mol. The minimum atomic E-state index is -0.680. The number of aromatic nitrogens is 2. The molecule has 38 heavy (non-hydrogen) atoms. The third kappa shape index (κ3) is 4.18. The number of hydrogen-bond donors (Lipinski definition) is 1. The third-order valence-electron chi connectivity index (χ3n) is 7.55. The van der Waals surface area contributed by atoms with E-state index in [1.165, 1.54) is 11.2 Å². The second-order valence-electron chi connectivity index (χ2n) is 9.88. The van der Waals surface area contributed by atoms with E-state index in [1.807, 2.05) is 43.3 Å². The van der Waals surface area contributed by atoms with E-state index in [2.05, 4.69) is 15.3 Å². The highest BCUT2D eigenvalue weighted by Crippen LogP contribution is 2.46. The van der Waals surface area contributed by atoms with Crippen molar-refractivity contribution in [2.45, 2.75) is 19.8 Å². The number of para-hydroxylation sites is 2. The van der Waals surface area contributed by atoms with Crippen LogP contribution in [0.4, 0.5) is 11.4 Å². The Bertz CT molecular complexity index is 1530. The highest BCUT2D eigenvalue weighted by atomic mass is 16.5. The van der Waals surface area contributed by atoms with Crippen molar-refractivity contribution in [1.82, 2.24) is 9.97 Å². The lowest BCUT2D eigenvalue weighted by Crippen LogP contribution is -2.41. The second kappa shape index (κ2) is 9.70. The molecule has 4 atom stereocenters. The van der Waals surface area contributed by atoms with Crippen molar-refractivity contribution in [2.75, 3.05) is 10.2 Å². The number of hydrogen-bond acceptors (Lipinski definition) is 6. The number of fused-ring (bicyclic) bond motifs is 2. The summed E-state index contributed by atoms with van der Waals surface area (Å²) in [4.78, 5) is 50.2. The van der Waals surface area contributed by atoms with Gasteiger partial charge in [-0.1, -0.05) is 43.3 Å². The van der Waals surface area contributed by atoms with Crippen LogP contribution in [0.2, 0.25) is 0 Å². The Morgan fingerprint density at radius 2 is 1.61 bits per heavy atom. The lowest BCUT2D eigenvalue weighted by atomic mass is 9.68. The topological polar surface area (TPSA) is 101 Å². The average molecular weight is 507 g/mol. The van der Waals surface area contributed by atoms with Gasteiger partial charge in [0.05, 0.1) is 34.3 Å². The SMILES string of the molecule is CC1CCC(C(=O)Nc2ccc3c(Oc4ccccc4)ncnc3c2)C2C(=O)N(c3ccccc3)C(=O)C12. The van der Waals surface area contributed by atoms with Gasteiger partial charge in [-0.15, -0.1) is 0 Å². The molecule has 1 saturated heterocycles. The Hall–Kier alpha value is -4.59. The first kappa shape index (κ1) is 23.8. The van der Waals surface area contributed by atoms with Gasteiger partial charge in [-0.2, -0.15) is 0 Å². The number of nitrogens with one attached hydrogen (secondary N) is 1. The number of carbonyl (C=O) groups is 3. The Morgan fingerprint density at radius 3 is 2.37 bits per heavy atom. The van der Waals surface area contributed by atoms with Crippen LogP contribution in [0.3, 0.4) is 0 Å². The van der Waals surface area contributed by atoms with E-state index in [-0.39, 0.29) is 23.6 Å². The highest BCUT2D eigenvalue weighted by molar-refractivity contribution is 6.23. The van der Waals surface area contributed by atoms with Crippen LogP contribution in [0.15, 0.2) is 85.2 Å². The van der Waals surface area contributed by atoms with Crippen molar-refractivity contribution in [3.63, 3.8) is 0 Å². The maximum atomic E-state index is 13.5. The predicted molar refractivity (Wildman–Crippen MR) is 142 cm³/mol. The highest BCUT2D eigenvalue weighted by Gasteiger charge is 2.56. The molecule has 1 aliphatic heterocycles. The number of anilines is 2. The van der Waals surface area contributed by atoms with Gasteiger partial charge in [0.1, 0.15) is 12.1 Å². The molecule has 3 amide bonds. The molecule has 1 N–H and O–H groups in total. The first-order valence-corrected chi connectivity index (χ1v) is 12.7. The molecule has 0 bridgehead atoms. The summed E-state index contributed by atoms with van der Waals surface area (Å²) in [5, 5.41) is 3.67. The largest absolute Gasteiger partial charge is 0.438 e. The zero-order valence-electron chi connectivity index (χ0n) is 20.8. The van der Waals surface area contributed by atoms with Crippen LogP contribution in [0, 0.1) is 23.7 Å². The first-order chi connectivity index (χ1) is 18.5. The van der Waals surface area contributed by atoms with Crippen molar-refractivity contribution in [1.29, 1.82) is 0 Å². The van der Waals surface area contributed by atoms with Crippen LogP contribution in [0.5, 0.6) is 11.6 Å². The number of benzene rings is 3. The summed E-state index contributed by atoms with van der Waals surface area (Å²) in [7, 11) is 0. The van der Waals surface area contributed by atoms with Crippen LogP contribution in [-0.4, -0.2) is 27.7 Å². The number of imide groups is 1. The molecule has 2 aliphatic rings. The molecule has 2 heterocycles. The molecule has 1 saturated carbocycles. The summed E-state index contributed by atoms with van der Waals surface area (Å²) in [5.74, 6) is -1.47. The minimum Gasteiger partial charge on any atom is -0.438 e. The van der Waals surface area contributed by atoms with E-state index in [4.69, 9.17) is 4.74 Å². The van der Waals surface area contributed by atoms with Gasteiger partial charge < -0.3 is 10.1 Å². The fourth-order valence-corrected chi connectivity index (χ4v) is 5.69. The Labute approximate surface area is 219 Å². The number of amides is 3. The second-order valence-corrected chi connectivity index (χ2v) is 9.88. The van der Waals surface area contributed by atoms with Gasteiger partial charge in [0.2, 0.25) is 23.6 Å². The Kier molecular flexibility index (Phi) is 6.07. The van der Waals surface area contributed by atoms with E-state index in [0.717, 1.165) is 0 Å². The summed E-state index contributed by atoms with van der Waals surface area (Å²) in [6, 6.07) is 23.6. The van der Waals surface area contributed by atoms with Crippen molar-refractivity contribution >= 4 is 40.0 Å². The summed E-state index contributed by atoms with van der Waals surface area (Å²) in [6.45, 7) is 1.99. The normalized spacial score (nSPS) is 22.8. The number of nitrogens with zero attached hydrogens (tertiary/aromatic N) is 3. The van der Waals surface area contributed by atoms with Gasteiger partial charge in [0.25, 0.3) is 0 Å². The smallest absolute Gasteiger partial charge is 0.238 e. The molecule has 2 fully saturated rings. The molecule has 1 aliphatic carbocycles. The van der Waals surface area contributed by atoms with Crippen LogP contribution < -0.4 is 15.0 Å². The number of ether oxygens (including phenoxy) is 1. The number of rotatable bonds is 5. The molecule has 190 valence electrons. The summed E-state index contributed by atoms with van der Waals surface area (Å²) in [5.41, 5.74) is 1.71. The van der Waals surface area contributed by atoms with Gasteiger partial charge in [0, 0.05) is 5.69 Å². The fraction of sp³-hybridized carbons (Fsp3) is 0.233. The molecule has 4 unspecified atom stereocenters. The summed E-state index contributed by atoms with van der Waals surface area (Å²) in [6.07, 6.45) is 2.66. The number of carbonyl (C=O) groups excluding carboxylic acids is 3. The van der Waals surface area contributed by atoms with Crippen LogP contribution in [0.25, 0.3) is 10.9 Å². The molecule has 3 aromatic carbocycles. The van der Waals surface area contributed by atoms with Gasteiger partial charge in [-0.25, -0.2) is 9.97 Å². The van der Waals surface area contributed by atoms with Gasteiger partial charge >= 0.3 is 0 Å². The van der Waals surface area contributed by atoms with Crippen molar-refractivity contribution in [3.8, 4) is 11.6 Å². The standard InChI is InChI=1S/C30H26N4O4/c1-18-12-14-23(26-25(18)29(36)34(30(26)37)20-8-4-2-5-9-20)27(35)33-19-13-15-22-24(16-19)31-17-32-28(22)38-21-10-6-3-7-11-21/h2-11,13,15-18,23,25-26H,12,14H2,1H3,(H,33,35). The van der Waals surface area contributed by atoms with Gasteiger partial charge in [-0.3, -0.25) is 19.3 Å². The molecule has 8 heteroatoms. The van der Waals surface area contributed by atoms with Gasteiger partial charge in [-0.05, 0) is 61.2 Å². The minimum absolute atomic E-state index is 0.0228. The zero-order valence-corrected chi connectivity index (χ0v) is 20.8. The monoisotopic (exact) mass is 506 g/mol. The molecule has 6 rings (SSSR count). The predicted octanol–water partition coefficient (Wildman–Crippen LogP) is 5.21. The summed E-state index contributed by atoms with van der Waals surface area (Å²) < 4.78 is 5.92. The summed E-state index contributed by atoms with van der Waals surface area (Å²) >= 11 is 0. The average Bonchev–Trinajstić information content (AvgIpc) is 3.20. The molecule has 8 nitrogen and oxygen atoms in total. The molecule has 0 spiro atoms. The van der Waals surface area contributed by atoms with Crippen LogP contribution >= 0.6 is 0 Å². The van der Waals surface area contributed by atoms with E-state index < -0.39 is 17.8 Å². The maximum absolute atomic E-state index is 13.5. The van der Waals surface area contributed by atoms with E-state index in [1.54, 1.807) is 42.5 Å². The van der Waals surface area contributed by atoms with Crippen molar-refractivity contribution in [3.05, 3.63) is 85.2 Å². The van der Waals surface area contributed by atoms with Crippen molar-refractivity contribution in [2.24, 2.45) is 23.7 Å². The molecule has 1 aromatic heterocycles. The molecule has 4 aromatic rings. The fourth-order valence-electron chi connectivity index (χ4n) is 5.69. The molecular formula is C30H26N4O4. The lowest BCUT2D eigenvalue weighted by Gasteiger charge is -2.33. The van der Waals surface area contributed by atoms with Crippen LogP contribution in [-0.2, 0) is 14.4 Å². The quantitative estimate of drug-likeness (QED) is 0.373. The Balaban J connectivity index is 1.24. The lowest BCUT2D eigenvalue weighted by molar-refractivity contribution is -0.133. The zero-order chi connectivity index (χ0) is 26.2. The van der Waals surface area contributed by atoms with E-state index >= 15 is 0 Å². The van der Waals surface area contributed by atoms with Crippen molar-refractivity contribution < 1.29 is 19.1 Å².